The van der Waals surface area contributed by atoms with Gasteiger partial charge in [-0.3, -0.25) is 4.79 Å². The molecule has 0 aromatic heterocycles. The van der Waals surface area contributed by atoms with Crippen LogP contribution < -0.4 is 4.74 Å². The van der Waals surface area contributed by atoms with Crippen molar-refractivity contribution in [3.63, 3.8) is 0 Å². The number of benzene rings is 1. The van der Waals surface area contributed by atoms with Crippen molar-refractivity contribution in [1.82, 2.24) is 0 Å². The fourth-order valence-electron chi connectivity index (χ4n) is 1.60. The third-order valence-electron chi connectivity index (χ3n) is 3.03. The first-order chi connectivity index (χ1) is 7.48. The SMILES string of the molecule is COc1cc(Cl)c(C(=O)C2(C)CC2)cc1Cl. The van der Waals surface area contributed by atoms with E-state index in [2.05, 4.69) is 0 Å². The van der Waals surface area contributed by atoms with Gasteiger partial charge in [0.25, 0.3) is 0 Å². The zero-order chi connectivity index (χ0) is 11.9. The maximum atomic E-state index is 12.1. The number of hydrogen-bond acceptors (Lipinski definition) is 2. The van der Waals surface area contributed by atoms with E-state index in [1.807, 2.05) is 6.92 Å². The smallest absolute Gasteiger partial charge is 0.170 e. The fourth-order valence-corrected chi connectivity index (χ4v) is 2.08. The third kappa shape index (κ3) is 1.92. The van der Waals surface area contributed by atoms with Crippen LogP contribution in [0.4, 0.5) is 0 Å². The van der Waals surface area contributed by atoms with Gasteiger partial charge in [0.1, 0.15) is 5.75 Å². The monoisotopic (exact) mass is 258 g/mol. The van der Waals surface area contributed by atoms with Crippen LogP contribution in [0.25, 0.3) is 0 Å². The molecule has 2 rings (SSSR count). The molecule has 0 radical (unpaired) electrons. The van der Waals surface area contributed by atoms with Crippen molar-refractivity contribution in [2.75, 3.05) is 7.11 Å². The standard InChI is InChI=1S/C12H12Cl2O2/c1-12(3-4-12)11(15)7-5-9(14)10(16-2)6-8(7)13/h5-6H,3-4H2,1-2H3. The van der Waals surface area contributed by atoms with Gasteiger partial charge < -0.3 is 4.74 Å². The first-order valence-electron chi connectivity index (χ1n) is 5.06. The summed E-state index contributed by atoms with van der Waals surface area (Å²) in [7, 11) is 1.52. The van der Waals surface area contributed by atoms with Gasteiger partial charge in [-0.05, 0) is 18.9 Å². The Labute approximate surface area is 104 Å². The quantitative estimate of drug-likeness (QED) is 0.767. The molecule has 0 amide bonds. The number of ether oxygens (including phenoxy) is 1. The number of ketones is 1. The maximum absolute atomic E-state index is 12.1. The summed E-state index contributed by atoms with van der Waals surface area (Å²) in [6, 6.07) is 3.18. The summed E-state index contributed by atoms with van der Waals surface area (Å²) >= 11 is 12.0. The molecule has 1 aromatic rings. The lowest BCUT2D eigenvalue weighted by Gasteiger charge is -2.11. The summed E-state index contributed by atoms with van der Waals surface area (Å²) in [5.74, 6) is 0.561. The molecule has 2 nitrogen and oxygen atoms in total. The number of carbonyl (C=O) groups excluding carboxylic acids is 1. The Morgan fingerprint density at radius 2 is 1.94 bits per heavy atom. The molecule has 0 bridgehead atoms. The summed E-state index contributed by atoms with van der Waals surface area (Å²) < 4.78 is 5.03. The number of halogens is 2. The molecule has 1 saturated carbocycles. The lowest BCUT2D eigenvalue weighted by atomic mass is 9.97. The molecule has 1 aliphatic carbocycles. The Hall–Kier alpha value is -0.730. The maximum Gasteiger partial charge on any atom is 0.170 e. The molecular formula is C12H12Cl2O2. The van der Waals surface area contributed by atoms with E-state index in [1.54, 1.807) is 12.1 Å². The highest BCUT2D eigenvalue weighted by Gasteiger charge is 2.45. The minimum Gasteiger partial charge on any atom is -0.495 e. The second kappa shape index (κ2) is 3.94. The summed E-state index contributed by atoms with van der Waals surface area (Å²) in [4.78, 5) is 12.1. The van der Waals surface area contributed by atoms with Crippen LogP contribution in [-0.4, -0.2) is 12.9 Å². The van der Waals surface area contributed by atoms with Gasteiger partial charge >= 0.3 is 0 Å². The van der Waals surface area contributed by atoms with Gasteiger partial charge in [0.15, 0.2) is 5.78 Å². The average molecular weight is 259 g/mol. The Balaban J connectivity index is 2.42. The molecule has 1 fully saturated rings. The zero-order valence-electron chi connectivity index (χ0n) is 9.14. The Bertz CT molecular complexity index is 451. The highest BCUT2D eigenvalue weighted by atomic mass is 35.5. The van der Waals surface area contributed by atoms with Gasteiger partial charge in [-0.25, -0.2) is 0 Å². The molecule has 0 aliphatic heterocycles. The van der Waals surface area contributed by atoms with Crippen molar-refractivity contribution in [2.24, 2.45) is 5.41 Å². The van der Waals surface area contributed by atoms with Gasteiger partial charge in [-0.15, -0.1) is 0 Å². The normalized spacial score (nSPS) is 17.0. The first kappa shape index (κ1) is 11.7. The topological polar surface area (TPSA) is 26.3 Å². The van der Waals surface area contributed by atoms with Gasteiger partial charge in [0.2, 0.25) is 0 Å². The van der Waals surface area contributed by atoms with Crippen molar-refractivity contribution < 1.29 is 9.53 Å². The molecule has 0 spiro atoms. The van der Waals surface area contributed by atoms with Crippen LogP contribution in [0.5, 0.6) is 5.75 Å². The number of rotatable bonds is 3. The molecule has 0 N–H and O–H groups in total. The molecule has 86 valence electrons. The summed E-state index contributed by atoms with van der Waals surface area (Å²) in [6.45, 7) is 1.95. The van der Waals surface area contributed by atoms with Crippen LogP contribution in [0.15, 0.2) is 12.1 Å². The van der Waals surface area contributed by atoms with Crippen LogP contribution in [0, 0.1) is 5.41 Å². The first-order valence-corrected chi connectivity index (χ1v) is 5.81. The molecule has 0 saturated heterocycles. The molecule has 4 heteroatoms. The summed E-state index contributed by atoms with van der Waals surface area (Å²) in [5.41, 5.74) is 0.258. The third-order valence-corrected chi connectivity index (χ3v) is 3.64. The van der Waals surface area contributed by atoms with Gasteiger partial charge in [-0.2, -0.15) is 0 Å². The Kier molecular flexibility index (Phi) is 2.89. The van der Waals surface area contributed by atoms with Crippen LogP contribution >= 0.6 is 23.2 Å². The number of carbonyl (C=O) groups is 1. The fraction of sp³-hybridized carbons (Fsp3) is 0.417. The second-order valence-corrected chi connectivity index (χ2v) is 5.17. The van der Waals surface area contributed by atoms with Crippen molar-refractivity contribution in [2.45, 2.75) is 19.8 Å². The predicted molar refractivity (Wildman–Crippen MR) is 64.7 cm³/mol. The van der Waals surface area contributed by atoms with Crippen molar-refractivity contribution in [3.8, 4) is 5.75 Å². The molecule has 0 atom stereocenters. The predicted octanol–water partition coefficient (Wildman–Crippen LogP) is 3.98. The Morgan fingerprint density at radius 1 is 1.31 bits per heavy atom. The summed E-state index contributed by atoms with van der Waals surface area (Å²) in [5, 5.41) is 0.818. The van der Waals surface area contributed by atoms with Crippen molar-refractivity contribution in [3.05, 3.63) is 27.7 Å². The van der Waals surface area contributed by atoms with E-state index in [9.17, 15) is 4.79 Å². The lowest BCUT2D eigenvalue weighted by Crippen LogP contribution is -2.12. The molecule has 16 heavy (non-hydrogen) atoms. The number of methoxy groups -OCH3 is 1. The minimum atomic E-state index is -0.235. The van der Waals surface area contributed by atoms with Crippen LogP contribution in [-0.2, 0) is 0 Å². The minimum absolute atomic E-state index is 0.0713. The van der Waals surface area contributed by atoms with E-state index in [-0.39, 0.29) is 11.2 Å². The van der Waals surface area contributed by atoms with Gasteiger partial charge in [0.05, 0.1) is 17.2 Å². The molecule has 0 unspecified atom stereocenters. The van der Waals surface area contributed by atoms with E-state index >= 15 is 0 Å². The molecule has 1 aromatic carbocycles. The van der Waals surface area contributed by atoms with Gasteiger partial charge in [-0.1, -0.05) is 30.1 Å². The number of hydrogen-bond donors (Lipinski definition) is 0. The number of Topliss-reactive ketones (excluding diaryl/α,β-unsaturated/α-hetero) is 1. The Morgan fingerprint density at radius 3 is 2.44 bits per heavy atom. The van der Waals surface area contributed by atoms with E-state index < -0.39 is 0 Å². The van der Waals surface area contributed by atoms with Crippen molar-refractivity contribution in [1.29, 1.82) is 0 Å². The van der Waals surface area contributed by atoms with E-state index in [0.29, 0.717) is 21.4 Å². The molecule has 0 heterocycles. The van der Waals surface area contributed by atoms with E-state index in [4.69, 9.17) is 27.9 Å². The van der Waals surface area contributed by atoms with Crippen LogP contribution in [0.1, 0.15) is 30.1 Å². The molecule has 1 aliphatic rings. The average Bonchev–Trinajstić information content (AvgIpc) is 2.99. The largest absolute Gasteiger partial charge is 0.495 e. The second-order valence-electron chi connectivity index (χ2n) is 4.36. The van der Waals surface area contributed by atoms with E-state index in [0.717, 1.165) is 12.8 Å². The highest BCUT2D eigenvalue weighted by molar-refractivity contribution is 6.37. The lowest BCUT2D eigenvalue weighted by molar-refractivity contribution is 0.0912. The highest BCUT2D eigenvalue weighted by Crippen LogP contribution is 2.49. The van der Waals surface area contributed by atoms with Gasteiger partial charge in [0, 0.05) is 17.0 Å². The summed E-state index contributed by atoms with van der Waals surface area (Å²) in [6.07, 6.45) is 1.84. The molecular weight excluding hydrogens is 247 g/mol. The van der Waals surface area contributed by atoms with E-state index in [1.165, 1.54) is 7.11 Å². The van der Waals surface area contributed by atoms with Crippen molar-refractivity contribution >= 4 is 29.0 Å². The zero-order valence-corrected chi connectivity index (χ0v) is 10.7. The van der Waals surface area contributed by atoms with Crippen LogP contribution in [0.3, 0.4) is 0 Å². The van der Waals surface area contributed by atoms with Crippen LogP contribution in [0.2, 0.25) is 10.0 Å².